The van der Waals surface area contributed by atoms with Gasteiger partial charge in [-0.3, -0.25) is 24.3 Å². The van der Waals surface area contributed by atoms with Gasteiger partial charge in [0, 0.05) is 63.8 Å². The van der Waals surface area contributed by atoms with E-state index < -0.39 is 0 Å². The summed E-state index contributed by atoms with van der Waals surface area (Å²) in [6.45, 7) is 5.72. The Balaban J connectivity index is 1.22. The summed E-state index contributed by atoms with van der Waals surface area (Å²) in [6.07, 6.45) is 4.53. The monoisotopic (exact) mass is 571 g/mol. The number of nitrogens with zero attached hydrogens (tertiary/aromatic N) is 4. The van der Waals surface area contributed by atoms with E-state index in [0.717, 1.165) is 48.4 Å². The number of β-amino-alcohol motifs (C(OH)–C–C–N with tert-alkyl or cyclic N) is 1. The molecule has 1 fully saturated rings. The van der Waals surface area contributed by atoms with Crippen LogP contribution in [-0.4, -0.2) is 93.6 Å². The van der Waals surface area contributed by atoms with Crippen LogP contribution >= 0.6 is 0 Å². The van der Waals surface area contributed by atoms with E-state index in [9.17, 15) is 9.59 Å². The number of hydrogen-bond donors (Lipinski definition) is 6. The number of hydrogen-bond acceptors (Lipinski definition) is 7. The quantitative estimate of drug-likeness (QED) is 0.0883. The molecule has 1 saturated heterocycles. The molecule has 0 aliphatic carbocycles. The second kappa shape index (κ2) is 13.4. The van der Waals surface area contributed by atoms with Crippen LogP contribution in [0.3, 0.4) is 0 Å². The molecule has 0 unspecified atom stereocenters. The summed E-state index contributed by atoms with van der Waals surface area (Å²) in [4.78, 5) is 37.3. The number of fused-ring (bicyclic) bond motifs is 1. The molecule has 1 aliphatic heterocycles. The number of aromatic nitrogens is 3. The van der Waals surface area contributed by atoms with E-state index in [1.807, 2.05) is 64.0 Å². The van der Waals surface area contributed by atoms with E-state index in [2.05, 4.69) is 25.5 Å². The Bertz CT molecular complexity index is 1570. The summed E-state index contributed by atoms with van der Waals surface area (Å²) < 4.78 is 1.81. The minimum absolute atomic E-state index is 0.00212. The molecule has 42 heavy (non-hydrogen) atoms. The summed E-state index contributed by atoms with van der Waals surface area (Å²) in [5, 5.41) is 22.4. The summed E-state index contributed by atoms with van der Waals surface area (Å²) in [5.74, 6) is 0.427. The largest absolute Gasteiger partial charge is 0.395 e. The van der Waals surface area contributed by atoms with Gasteiger partial charge in [-0.2, -0.15) is 4.98 Å². The number of carbonyl (C=O) groups is 1. The number of nitrogens with two attached hydrogens (primary N) is 1. The van der Waals surface area contributed by atoms with Crippen LogP contribution in [0.15, 0.2) is 65.7 Å². The first-order valence-corrected chi connectivity index (χ1v) is 14.1. The zero-order valence-electron chi connectivity index (χ0n) is 23.5. The molecule has 0 saturated carbocycles. The number of aliphatic hydroxyl groups excluding tert-OH is 1. The molecule has 7 N–H and O–H groups in total. The van der Waals surface area contributed by atoms with Gasteiger partial charge in [-0.05, 0) is 41.8 Å². The average Bonchev–Trinajstić information content (AvgIpc) is 3.42. The first kappa shape index (κ1) is 29.0. The normalized spacial score (nSPS) is 13.9. The van der Waals surface area contributed by atoms with Crippen LogP contribution in [0.1, 0.15) is 22.3 Å². The molecule has 1 aliphatic rings. The van der Waals surface area contributed by atoms with E-state index >= 15 is 0 Å². The number of nitrogens with one attached hydrogen (secondary N) is 4. The van der Waals surface area contributed by atoms with Gasteiger partial charge in [0.15, 0.2) is 5.96 Å². The summed E-state index contributed by atoms with van der Waals surface area (Å²) >= 11 is 0. The first-order chi connectivity index (χ1) is 20.4. The number of H-pyrrole nitrogens is 1. The fraction of sp³-hybridized carbons (Fsp3) is 0.333. The van der Waals surface area contributed by atoms with Crippen molar-refractivity contribution in [2.45, 2.75) is 13.0 Å². The zero-order chi connectivity index (χ0) is 29.5. The molecule has 2 aromatic heterocycles. The fourth-order valence-corrected chi connectivity index (χ4v) is 5.06. The summed E-state index contributed by atoms with van der Waals surface area (Å²) in [6, 6.07) is 15.3. The van der Waals surface area contributed by atoms with Crippen LogP contribution in [-0.2, 0) is 6.54 Å². The molecule has 2 aromatic carbocycles. The second-order valence-corrected chi connectivity index (χ2v) is 10.4. The third kappa shape index (κ3) is 7.03. The predicted octanol–water partition coefficient (Wildman–Crippen LogP) is 1.07. The highest BCUT2D eigenvalue weighted by Crippen LogP contribution is 2.22. The van der Waals surface area contributed by atoms with Gasteiger partial charge in [-0.25, -0.2) is 0 Å². The Hall–Kier alpha value is -4.52. The number of rotatable bonds is 11. The fourth-order valence-electron chi connectivity index (χ4n) is 5.06. The van der Waals surface area contributed by atoms with E-state index in [-0.39, 0.29) is 24.0 Å². The number of aromatic amines is 1. The molecular formula is C30H37N9O3. The molecule has 1 amide bonds. The van der Waals surface area contributed by atoms with Gasteiger partial charge in [0.2, 0.25) is 5.78 Å². The van der Waals surface area contributed by atoms with Gasteiger partial charge in [0.25, 0.3) is 11.5 Å². The summed E-state index contributed by atoms with van der Waals surface area (Å²) in [5.41, 5.74) is 9.66. The van der Waals surface area contributed by atoms with Crippen LogP contribution in [0.25, 0.3) is 28.2 Å². The molecule has 0 radical (unpaired) electrons. The van der Waals surface area contributed by atoms with Gasteiger partial charge in [0.1, 0.15) is 0 Å². The molecule has 0 spiro atoms. The van der Waals surface area contributed by atoms with E-state index in [1.165, 1.54) is 0 Å². The van der Waals surface area contributed by atoms with Gasteiger partial charge in [-0.1, -0.05) is 36.4 Å². The average molecular weight is 572 g/mol. The van der Waals surface area contributed by atoms with Crippen molar-refractivity contribution in [1.29, 1.82) is 5.41 Å². The first-order valence-electron chi connectivity index (χ1n) is 14.1. The minimum Gasteiger partial charge on any atom is -0.395 e. The molecule has 220 valence electrons. The molecule has 3 heterocycles. The number of amides is 1. The van der Waals surface area contributed by atoms with Crippen LogP contribution in [0.2, 0.25) is 0 Å². The minimum atomic E-state index is -0.313. The molecule has 12 heteroatoms. The lowest BCUT2D eigenvalue weighted by atomic mass is 10.1. The van der Waals surface area contributed by atoms with Gasteiger partial charge >= 0.3 is 0 Å². The highest BCUT2D eigenvalue weighted by Gasteiger charge is 2.22. The van der Waals surface area contributed by atoms with Crippen molar-refractivity contribution in [3.63, 3.8) is 0 Å². The molecule has 0 bridgehead atoms. The summed E-state index contributed by atoms with van der Waals surface area (Å²) in [7, 11) is 0. The van der Waals surface area contributed by atoms with Gasteiger partial charge in [0.05, 0.1) is 17.9 Å². The van der Waals surface area contributed by atoms with Crippen molar-refractivity contribution >= 4 is 17.6 Å². The molecule has 12 nitrogen and oxygen atoms in total. The molecule has 0 atom stereocenters. The van der Waals surface area contributed by atoms with Crippen LogP contribution < -0.4 is 21.9 Å². The maximum absolute atomic E-state index is 13.0. The van der Waals surface area contributed by atoms with Gasteiger partial charge in [-0.15, -0.1) is 0 Å². The highest BCUT2D eigenvalue weighted by atomic mass is 16.3. The Morgan fingerprint density at radius 2 is 1.71 bits per heavy atom. The standard InChI is InChI=1S/C30H37N9O3/c31-29(32)34-11-1-10-33-18-21-2-4-22(5-3-21)25-19-39-20-26(35-30(39)36-27(25)41)23-6-8-24(9-7-23)28(42)38-14-12-37(13-15-38)16-17-40/h2-9,19-20,33,40H,1,10-18H2,(H4,31,32,34)(H,35,36,41). The maximum Gasteiger partial charge on any atom is 0.282 e. The number of benzene rings is 2. The van der Waals surface area contributed by atoms with Crippen LogP contribution in [0, 0.1) is 5.41 Å². The smallest absolute Gasteiger partial charge is 0.282 e. The van der Waals surface area contributed by atoms with Crippen LogP contribution in [0.4, 0.5) is 0 Å². The van der Waals surface area contributed by atoms with Gasteiger partial charge < -0.3 is 31.4 Å². The number of imidazole rings is 1. The topological polar surface area (TPSA) is 168 Å². The number of aliphatic hydroxyl groups is 1. The lowest BCUT2D eigenvalue weighted by molar-refractivity contribution is 0.0615. The van der Waals surface area contributed by atoms with Crippen molar-refractivity contribution in [3.8, 4) is 22.4 Å². The van der Waals surface area contributed by atoms with Crippen molar-refractivity contribution in [3.05, 3.63) is 82.4 Å². The van der Waals surface area contributed by atoms with Crippen molar-refractivity contribution in [1.82, 2.24) is 34.8 Å². The maximum atomic E-state index is 13.0. The predicted molar refractivity (Wildman–Crippen MR) is 162 cm³/mol. The Labute approximate surface area is 243 Å². The molecular weight excluding hydrogens is 534 g/mol. The Morgan fingerprint density at radius 3 is 2.40 bits per heavy atom. The SMILES string of the molecule is N=C(N)NCCCNCc1ccc(-c2cn3cc(-c4ccc(C(=O)N5CCN(CCO)CC5)cc4)[nH]c3nc2=O)cc1. The Morgan fingerprint density at radius 1 is 1.00 bits per heavy atom. The molecule has 5 rings (SSSR count). The number of guanidine groups is 1. The zero-order valence-corrected chi connectivity index (χ0v) is 23.5. The van der Waals surface area contributed by atoms with Crippen molar-refractivity contribution < 1.29 is 9.90 Å². The van der Waals surface area contributed by atoms with E-state index in [1.54, 1.807) is 6.20 Å². The number of carbonyl (C=O) groups excluding carboxylic acids is 1. The van der Waals surface area contributed by atoms with Crippen molar-refractivity contribution in [2.75, 3.05) is 52.4 Å². The third-order valence-corrected chi connectivity index (χ3v) is 7.42. The molecule has 4 aromatic rings. The Kier molecular flexibility index (Phi) is 9.27. The third-order valence-electron chi connectivity index (χ3n) is 7.42. The lowest BCUT2D eigenvalue weighted by Crippen LogP contribution is -2.49. The lowest BCUT2D eigenvalue weighted by Gasteiger charge is -2.34. The van der Waals surface area contributed by atoms with E-state index in [4.69, 9.17) is 16.2 Å². The van der Waals surface area contributed by atoms with Crippen LogP contribution in [0.5, 0.6) is 0 Å². The van der Waals surface area contributed by atoms with E-state index in [0.29, 0.717) is 49.6 Å². The number of piperazine rings is 1. The second-order valence-electron chi connectivity index (χ2n) is 10.4. The van der Waals surface area contributed by atoms with Crippen molar-refractivity contribution in [2.24, 2.45) is 5.73 Å². The highest BCUT2D eigenvalue weighted by molar-refractivity contribution is 5.94.